The molecule has 116 valence electrons. The van der Waals surface area contributed by atoms with Crippen molar-refractivity contribution in [1.82, 2.24) is 10.3 Å². The van der Waals surface area contributed by atoms with Gasteiger partial charge in [0, 0.05) is 23.6 Å². The van der Waals surface area contributed by atoms with Gasteiger partial charge in [0.2, 0.25) is 0 Å². The van der Waals surface area contributed by atoms with Crippen LogP contribution in [0.4, 0.5) is 0 Å². The van der Waals surface area contributed by atoms with Crippen LogP contribution in [0.5, 0.6) is 0 Å². The van der Waals surface area contributed by atoms with Gasteiger partial charge < -0.3 is 10.4 Å². The molecular formula is C15H15ClN2O3S. The third-order valence-corrected chi connectivity index (χ3v) is 4.40. The number of nitrogens with zero attached hydrogens (tertiary/aromatic N) is 1. The molecule has 0 saturated heterocycles. The number of carbonyl (C=O) groups excluding carboxylic acids is 1. The van der Waals surface area contributed by atoms with Crippen molar-refractivity contribution in [1.29, 1.82) is 0 Å². The number of benzene rings is 1. The van der Waals surface area contributed by atoms with Crippen molar-refractivity contribution < 1.29 is 14.7 Å². The van der Waals surface area contributed by atoms with Crippen molar-refractivity contribution in [2.24, 2.45) is 0 Å². The van der Waals surface area contributed by atoms with Crippen LogP contribution in [0.1, 0.15) is 28.2 Å². The minimum absolute atomic E-state index is 0.0397. The standard InChI is InChI=1S/C15H15ClN2O3S/c1-9-13(14(21)17-8-2-3-12(19)20)22-15(18-9)10-4-6-11(16)7-5-10/h4-7H,2-3,8H2,1H3,(H,17,21)(H,19,20). The van der Waals surface area contributed by atoms with Crippen LogP contribution in [0.3, 0.4) is 0 Å². The van der Waals surface area contributed by atoms with Crippen molar-refractivity contribution >= 4 is 34.8 Å². The maximum absolute atomic E-state index is 12.1. The molecule has 7 heteroatoms. The molecule has 1 aromatic carbocycles. The Labute approximate surface area is 137 Å². The number of aromatic nitrogens is 1. The van der Waals surface area contributed by atoms with Gasteiger partial charge >= 0.3 is 5.97 Å². The van der Waals surface area contributed by atoms with E-state index in [1.54, 1.807) is 19.1 Å². The van der Waals surface area contributed by atoms with Crippen LogP contribution in [-0.4, -0.2) is 28.5 Å². The van der Waals surface area contributed by atoms with Gasteiger partial charge in [0.25, 0.3) is 5.91 Å². The van der Waals surface area contributed by atoms with Crippen molar-refractivity contribution in [3.05, 3.63) is 39.9 Å². The number of thiazole rings is 1. The number of halogens is 1. The Morgan fingerprint density at radius 2 is 2.00 bits per heavy atom. The van der Waals surface area contributed by atoms with E-state index < -0.39 is 5.97 Å². The Morgan fingerprint density at radius 1 is 1.32 bits per heavy atom. The first-order chi connectivity index (χ1) is 10.5. The summed E-state index contributed by atoms with van der Waals surface area (Å²) in [5.74, 6) is -1.09. The Balaban J connectivity index is 2.04. The van der Waals surface area contributed by atoms with E-state index in [2.05, 4.69) is 10.3 Å². The second kappa shape index (κ2) is 7.38. The molecule has 0 aliphatic carbocycles. The fourth-order valence-electron chi connectivity index (χ4n) is 1.84. The molecule has 2 rings (SSSR count). The van der Waals surface area contributed by atoms with E-state index in [0.717, 1.165) is 10.6 Å². The molecule has 0 saturated carbocycles. The van der Waals surface area contributed by atoms with Gasteiger partial charge in [0.1, 0.15) is 9.88 Å². The molecule has 2 N–H and O–H groups in total. The molecule has 0 fully saturated rings. The predicted molar refractivity (Wildman–Crippen MR) is 86.5 cm³/mol. The van der Waals surface area contributed by atoms with Crippen LogP contribution in [0.15, 0.2) is 24.3 Å². The lowest BCUT2D eigenvalue weighted by Gasteiger charge is -2.02. The number of amides is 1. The fourth-order valence-corrected chi connectivity index (χ4v) is 2.96. The van der Waals surface area contributed by atoms with Crippen LogP contribution >= 0.6 is 22.9 Å². The van der Waals surface area contributed by atoms with Crippen molar-refractivity contribution in [2.45, 2.75) is 19.8 Å². The quantitative estimate of drug-likeness (QED) is 0.791. The van der Waals surface area contributed by atoms with Crippen LogP contribution < -0.4 is 5.32 Å². The zero-order valence-electron chi connectivity index (χ0n) is 11.9. The number of hydrogen-bond donors (Lipinski definition) is 2. The number of hydrogen-bond acceptors (Lipinski definition) is 4. The van der Waals surface area contributed by atoms with Crippen LogP contribution in [0.2, 0.25) is 5.02 Å². The highest BCUT2D eigenvalue weighted by molar-refractivity contribution is 7.17. The molecule has 2 aromatic rings. The average molecular weight is 339 g/mol. The summed E-state index contributed by atoms with van der Waals surface area (Å²) in [5, 5.41) is 12.7. The maximum atomic E-state index is 12.1. The lowest BCUT2D eigenvalue weighted by Crippen LogP contribution is -2.24. The van der Waals surface area contributed by atoms with Gasteiger partial charge in [-0.25, -0.2) is 4.98 Å². The largest absolute Gasteiger partial charge is 0.481 e. The number of carboxylic acid groups (broad SMARTS) is 1. The third-order valence-electron chi connectivity index (χ3n) is 2.95. The lowest BCUT2D eigenvalue weighted by atomic mass is 10.2. The first-order valence-corrected chi connectivity index (χ1v) is 7.90. The van der Waals surface area contributed by atoms with Gasteiger partial charge in [-0.15, -0.1) is 11.3 Å². The number of aryl methyl sites for hydroxylation is 1. The lowest BCUT2D eigenvalue weighted by molar-refractivity contribution is -0.137. The molecule has 1 aromatic heterocycles. The van der Waals surface area contributed by atoms with Gasteiger partial charge in [-0.3, -0.25) is 9.59 Å². The minimum atomic E-state index is -0.867. The molecule has 0 unspecified atom stereocenters. The molecule has 5 nitrogen and oxygen atoms in total. The normalized spacial score (nSPS) is 10.5. The summed E-state index contributed by atoms with van der Waals surface area (Å²) in [6, 6.07) is 7.27. The zero-order valence-corrected chi connectivity index (χ0v) is 13.5. The van der Waals surface area contributed by atoms with E-state index in [1.807, 2.05) is 12.1 Å². The molecule has 0 aliphatic heterocycles. The zero-order chi connectivity index (χ0) is 16.1. The molecule has 1 amide bonds. The molecule has 0 bridgehead atoms. The van der Waals surface area contributed by atoms with Gasteiger partial charge in [-0.1, -0.05) is 23.7 Å². The maximum Gasteiger partial charge on any atom is 0.303 e. The molecular weight excluding hydrogens is 324 g/mol. The van der Waals surface area contributed by atoms with Gasteiger partial charge in [-0.05, 0) is 25.5 Å². The average Bonchev–Trinajstić information content (AvgIpc) is 2.86. The number of aliphatic carboxylic acids is 1. The van der Waals surface area contributed by atoms with Crippen molar-refractivity contribution in [2.75, 3.05) is 6.54 Å². The summed E-state index contributed by atoms with van der Waals surface area (Å²) in [7, 11) is 0. The van der Waals surface area contributed by atoms with Crippen LogP contribution in [-0.2, 0) is 4.79 Å². The van der Waals surface area contributed by atoms with Gasteiger partial charge in [0.15, 0.2) is 0 Å². The van der Waals surface area contributed by atoms with E-state index in [0.29, 0.717) is 28.6 Å². The second-order valence-corrected chi connectivity index (χ2v) is 6.13. The van der Waals surface area contributed by atoms with Gasteiger partial charge in [0.05, 0.1) is 5.69 Å². The number of carbonyl (C=O) groups is 2. The Hall–Kier alpha value is -1.92. The molecule has 0 spiro atoms. The Morgan fingerprint density at radius 3 is 2.64 bits per heavy atom. The number of nitrogens with one attached hydrogen (secondary N) is 1. The van der Waals surface area contributed by atoms with E-state index in [4.69, 9.17) is 16.7 Å². The van der Waals surface area contributed by atoms with Crippen molar-refractivity contribution in [3.8, 4) is 10.6 Å². The third kappa shape index (κ3) is 4.29. The SMILES string of the molecule is Cc1nc(-c2ccc(Cl)cc2)sc1C(=O)NCCCC(=O)O. The van der Waals surface area contributed by atoms with Gasteiger partial charge in [-0.2, -0.15) is 0 Å². The summed E-state index contributed by atoms with van der Waals surface area (Å²) in [6.45, 7) is 2.11. The highest BCUT2D eigenvalue weighted by atomic mass is 35.5. The second-order valence-electron chi connectivity index (χ2n) is 4.69. The molecule has 0 atom stereocenters. The summed E-state index contributed by atoms with van der Waals surface area (Å²) >= 11 is 7.16. The van der Waals surface area contributed by atoms with E-state index >= 15 is 0 Å². The predicted octanol–water partition coefficient (Wildman–Crippen LogP) is 3.37. The number of rotatable bonds is 6. The summed E-state index contributed by atoms with van der Waals surface area (Å²) in [6.07, 6.45) is 0.445. The Bertz CT molecular complexity index is 683. The molecule has 0 radical (unpaired) electrons. The van der Waals surface area contributed by atoms with Crippen molar-refractivity contribution in [3.63, 3.8) is 0 Å². The molecule has 0 aliphatic rings. The number of carboxylic acids is 1. The smallest absolute Gasteiger partial charge is 0.303 e. The molecule has 22 heavy (non-hydrogen) atoms. The summed E-state index contributed by atoms with van der Waals surface area (Å²) in [5.41, 5.74) is 1.56. The topological polar surface area (TPSA) is 79.3 Å². The molecule has 1 heterocycles. The minimum Gasteiger partial charge on any atom is -0.481 e. The first kappa shape index (κ1) is 16.5. The highest BCUT2D eigenvalue weighted by Gasteiger charge is 2.15. The monoisotopic (exact) mass is 338 g/mol. The Kier molecular flexibility index (Phi) is 5.51. The fraction of sp³-hybridized carbons (Fsp3) is 0.267. The van der Waals surface area contributed by atoms with Crippen LogP contribution in [0.25, 0.3) is 10.6 Å². The summed E-state index contributed by atoms with van der Waals surface area (Å²) < 4.78 is 0. The van der Waals surface area contributed by atoms with E-state index in [1.165, 1.54) is 11.3 Å². The first-order valence-electron chi connectivity index (χ1n) is 6.70. The van der Waals surface area contributed by atoms with Crippen LogP contribution in [0, 0.1) is 6.92 Å². The highest BCUT2D eigenvalue weighted by Crippen LogP contribution is 2.28. The van der Waals surface area contributed by atoms with E-state index in [9.17, 15) is 9.59 Å². The van der Waals surface area contributed by atoms with E-state index in [-0.39, 0.29) is 12.3 Å². The summed E-state index contributed by atoms with van der Waals surface area (Å²) in [4.78, 5) is 27.5.